The number of ketones is 1. The van der Waals surface area contributed by atoms with Crippen LogP contribution in [0.25, 0.3) is 39.3 Å². The van der Waals surface area contributed by atoms with Gasteiger partial charge in [-0.3, -0.25) is 14.6 Å². The maximum atomic E-state index is 13.6. The number of nitrogens with one attached hydrogen (secondary N) is 1. The molecule has 8 bridgehead atoms. The Balaban J connectivity index is 0.00000111. The van der Waals surface area contributed by atoms with Crippen LogP contribution in [-0.2, 0) is 35.5 Å². The van der Waals surface area contributed by atoms with Crippen molar-refractivity contribution in [2.45, 2.75) is 79.1 Å². The number of likely N-dealkylation sites (N-methyl/N-ethyl adjacent to an activating group) is 1. The topological polar surface area (TPSA) is 140 Å². The van der Waals surface area contributed by atoms with Crippen LogP contribution in [0.5, 0.6) is 0 Å². The number of rotatable bonds is 8. The van der Waals surface area contributed by atoms with E-state index in [0.717, 1.165) is 103 Å². The van der Waals surface area contributed by atoms with Gasteiger partial charge in [-0.25, -0.2) is 4.98 Å². The number of carbonyl (C=O) groups is 3. The molecule has 0 saturated heterocycles. The third-order valence-corrected chi connectivity index (χ3v) is 9.98. The van der Waals surface area contributed by atoms with Crippen LogP contribution in [0.15, 0.2) is 24.8 Å². The number of hydrogen-bond acceptors (Lipinski definition) is 6. The molecule has 0 radical (unpaired) electrons. The molecule has 3 aromatic heterocycles. The van der Waals surface area contributed by atoms with Crippen LogP contribution in [0.1, 0.15) is 114 Å². The second-order valence-corrected chi connectivity index (χ2v) is 14.5. The molecule has 11 heteroatoms. The van der Waals surface area contributed by atoms with E-state index in [4.69, 9.17) is 29.8 Å². The van der Waals surface area contributed by atoms with E-state index in [1.54, 1.807) is 0 Å². The molecule has 1 N–H and O–H groups in total. The molecule has 5 heterocycles. The maximum Gasteiger partial charge on any atom is 2.00 e. The number of quaternary nitrogens is 1. The molecule has 1 amide bonds. The molecule has 1 aliphatic carbocycles. The number of aryl methyl sites for hydroxylation is 2. The van der Waals surface area contributed by atoms with E-state index in [0.29, 0.717) is 24.9 Å². The van der Waals surface area contributed by atoms with E-state index >= 15 is 0 Å². The molecule has 0 saturated carbocycles. The van der Waals surface area contributed by atoms with Crippen molar-refractivity contribution >= 4 is 56.9 Å². The number of amides is 1. The zero-order valence-electron chi connectivity index (χ0n) is 31.5. The predicted octanol–water partition coefficient (Wildman–Crippen LogP) is 5.16. The first kappa shape index (κ1) is 39.6. The first-order valence-corrected chi connectivity index (χ1v) is 17.3. The second kappa shape index (κ2) is 15.6. The van der Waals surface area contributed by atoms with Crippen molar-refractivity contribution in [1.82, 2.24) is 25.3 Å². The fourth-order valence-electron chi connectivity index (χ4n) is 7.17. The van der Waals surface area contributed by atoms with Gasteiger partial charge in [-0.1, -0.05) is 55.8 Å². The molecule has 0 spiro atoms. The molecule has 3 aliphatic rings. The van der Waals surface area contributed by atoms with Gasteiger partial charge in [0, 0.05) is 47.6 Å². The predicted molar refractivity (Wildman–Crippen MR) is 196 cm³/mol. The van der Waals surface area contributed by atoms with Gasteiger partial charge >= 0.3 is 19.5 Å². The minimum absolute atomic E-state index is 0. The van der Waals surface area contributed by atoms with Crippen molar-refractivity contribution < 1.29 is 43.5 Å². The van der Waals surface area contributed by atoms with Gasteiger partial charge in [-0.05, 0) is 62.8 Å². The van der Waals surface area contributed by atoms with Crippen molar-refractivity contribution in [2.24, 2.45) is 0 Å². The summed E-state index contributed by atoms with van der Waals surface area (Å²) in [5.41, 5.74) is 13.5. The van der Waals surface area contributed by atoms with Gasteiger partial charge in [0.25, 0.3) is 0 Å². The molecular weight excluding hydrogens is 694 g/mol. The number of allylic oxidation sites excluding steroid dienone is 2. The van der Waals surface area contributed by atoms with E-state index in [1.165, 1.54) is 0 Å². The molecule has 0 unspecified atom stereocenters. The summed E-state index contributed by atoms with van der Waals surface area (Å²) < 4.78 is 0.787. The van der Waals surface area contributed by atoms with E-state index in [2.05, 4.69) is 72.9 Å². The van der Waals surface area contributed by atoms with E-state index in [-0.39, 0.29) is 49.4 Å². The summed E-state index contributed by atoms with van der Waals surface area (Å²) >= 11 is 0. The molecule has 2 aliphatic heterocycles. The summed E-state index contributed by atoms with van der Waals surface area (Å²) in [6, 6.07) is 6.16. The quantitative estimate of drug-likeness (QED) is 0.247. The van der Waals surface area contributed by atoms with E-state index in [1.807, 2.05) is 19.1 Å². The average Bonchev–Trinajstić information content (AvgIpc) is 3.77. The van der Waals surface area contributed by atoms with Crippen LogP contribution >= 0.6 is 0 Å². The minimum atomic E-state index is -1.08. The number of carboxylic acids is 1. The largest absolute Gasteiger partial charge is 2.00 e. The number of fused-ring (bicyclic) bond motifs is 8. The van der Waals surface area contributed by atoms with E-state index < -0.39 is 5.97 Å². The van der Waals surface area contributed by atoms with Crippen LogP contribution in [-0.4, -0.2) is 66.3 Å². The molecule has 0 aromatic carbocycles. The molecular formula is C40H48N6O4Zn. The molecule has 6 rings (SSSR count). The Morgan fingerprint density at radius 3 is 2.31 bits per heavy atom. The van der Waals surface area contributed by atoms with Crippen molar-refractivity contribution in [1.29, 1.82) is 0 Å². The SMILES string of the molecule is C=Cc1c(C)c2cc3nc(c4c5[n-]c(cc6nc(cc1[n-]2)C(C)=C6CC)c(C)c5C(=O)C4)[C@@H](CCC(=O)NCC[N+](C)(C)C)[C@@H]3C.CC(=O)[O-].[Zn+2]. The fourth-order valence-corrected chi connectivity index (χ4v) is 7.17. The summed E-state index contributed by atoms with van der Waals surface area (Å²) in [5, 5.41) is 12.0. The number of carboxylic acid groups (broad SMARTS) is 1. The Hall–Kier alpha value is -4.21. The molecule has 0 fully saturated rings. The van der Waals surface area contributed by atoms with Gasteiger partial charge in [-0.2, -0.15) is 0 Å². The van der Waals surface area contributed by atoms with Crippen LogP contribution in [0, 0.1) is 13.8 Å². The molecule has 2 atom stereocenters. The van der Waals surface area contributed by atoms with Gasteiger partial charge in [0.1, 0.15) is 0 Å². The standard InChI is InChI=1S/C38H46N6O2.C2H4O2.Zn/c1-10-24-20(3)28-17-30-22(5)26(12-13-35(46)39-14-15-44(7,8)9)37(42-30)27-16-34(45)36-23(6)31(43-38(27)36)19-33-25(11-2)21(4)29(41-33)18-32(24)40-28;1-2(3)4;/h10,17-19,22,26H,1,11-16H2,2-9H3,(H2-,39,40,41,42,43,45,46);1H3,(H,3,4);/q;;+2/p-2/t22-,26-;;/m0../s1. The summed E-state index contributed by atoms with van der Waals surface area (Å²) in [6.45, 7) is 17.0. The molecule has 3 aromatic rings. The van der Waals surface area contributed by atoms with Crippen LogP contribution in [0.3, 0.4) is 0 Å². The third-order valence-electron chi connectivity index (χ3n) is 9.98. The van der Waals surface area contributed by atoms with Crippen molar-refractivity contribution in [2.75, 3.05) is 34.2 Å². The zero-order chi connectivity index (χ0) is 36.7. The Kier molecular flexibility index (Phi) is 12.1. The number of aromatic nitrogens is 4. The summed E-state index contributed by atoms with van der Waals surface area (Å²) in [7, 11) is 6.35. The van der Waals surface area contributed by atoms with Crippen molar-refractivity contribution in [3.8, 4) is 0 Å². The normalized spacial score (nSPS) is 16.4. The van der Waals surface area contributed by atoms with Crippen LogP contribution in [0.2, 0.25) is 0 Å². The van der Waals surface area contributed by atoms with Crippen LogP contribution in [0.4, 0.5) is 0 Å². The number of nitrogens with zero attached hydrogens (tertiary/aromatic N) is 5. The first-order chi connectivity index (χ1) is 23.5. The Morgan fingerprint density at radius 2 is 1.69 bits per heavy atom. The van der Waals surface area contributed by atoms with Gasteiger partial charge in [-0.15, -0.1) is 22.1 Å². The van der Waals surface area contributed by atoms with E-state index in [9.17, 15) is 9.59 Å². The minimum Gasteiger partial charge on any atom is -0.657 e. The monoisotopic (exact) mass is 740 g/mol. The Morgan fingerprint density at radius 1 is 1.04 bits per heavy atom. The zero-order valence-corrected chi connectivity index (χ0v) is 34.5. The van der Waals surface area contributed by atoms with Gasteiger partial charge in [0.2, 0.25) is 5.91 Å². The average molecular weight is 742 g/mol. The first-order valence-electron chi connectivity index (χ1n) is 17.3. The summed E-state index contributed by atoms with van der Waals surface area (Å²) in [4.78, 5) is 55.9. The molecule has 264 valence electrons. The number of carbonyl (C=O) groups excluding carboxylic acids is 3. The number of aliphatic carboxylic acids is 1. The van der Waals surface area contributed by atoms with Crippen molar-refractivity contribution in [3.63, 3.8) is 0 Å². The number of Topliss-reactive ketones (excluding diaryl/α,β-unsaturated/α-hetero) is 1. The smallest absolute Gasteiger partial charge is 0.657 e. The molecule has 10 nitrogen and oxygen atoms in total. The molecule has 51 heavy (non-hydrogen) atoms. The Bertz CT molecular complexity index is 2100. The van der Waals surface area contributed by atoms with Gasteiger partial charge < -0.3 is 29.7 Å². The van der Waals surface area contributed by atoms with Gasteiger partial charge in [0.15, 0.2) is 5.78 Å². The van der Waals surface area contributed by atoms with Crippen LogP contribution < -0.4 is 20.4 Å². The second-order valence-electron chi connectivity index (χ2n) is 14.5. The maximum absolute atomic E-state index is 13.6. The third kappa shape index (κ3) is 8.15. The summed E-state index contributed by atoms with van der Waals surface area (Å²) in [5.74, 6) is -0.971. The van der Waals surface area contributed by atoms with Gasteiger partial charge in [0.05, 0.1) is 45.6 Å². The summed E-state index contributed by atoms with van der Waals surface area (Å²) in [6.07, 6.45) is 3.98. The van der Waals surface area contributed by atoms with Crippen molar-refractivity contribution in [3.05, 3.63) is 75.4 Å². The fraction of sp³-hybridized carbons (Fsp3) is 0.425. The number of hydrogen-bond donors (Lipinski definition) is 1. The Labute approximate surface area is 313 Å².